The van der Waals surface area contributed by atoms with Gasteiger partial charge in [0, 0.05) is 6.42 Å². The summed E-state index contributed by atoms with van der Waals surface area (Å²) in [7, 11) is 0. The van der Waals surface area contributed by atoms with Crippen LogP contribution in [0.4, 0.5) is 0 Å². The number of ether oxygens (including phenoxy) is 4. The number of amides is 1. The maximum atomic E-state index is 13.1. The van der Waals surface area contributed by atoms with Gasteiger partial charge in [0.25, 0.3) is 0 Å². The van der Waals surface area contributed by atoms with E-state index in [0.717, 1.165) is 70.6 Å². The highest BCUT2D eigenvalue weighted by atomic mass is 16.7. The molecule has 0 aliphatic carbocycles. The summed E-state index contributed by atoms with van der Waals surface area (Å²) in [5.74, 6) is -0.268. The Morgan fingerprint density at radius 3 is 1.70 bits per heavy atom. The van der Waals surface area contributed by atoms with Crippen LogP contribution in [0.3, 0.4) is 0 Å². The molecular formula is C49H85NO13. The number of unbranched alkanes of at least 4 members (excludes halogenated alkanes) is 14. The van der Waals surface area contributed by atoms with Crippen molar-refractivity contribution in [3.05, 3.63) is 60.8 Å². The summed E-state index contributed by atoms with van der Waals surface area (Å²) >= 11 is 0. The van der Waals surface area contributed by atoms with Gasteiger partial charge >= 0.3 is 0 Å². The van der Waals surface area contributed by atoms with Crippen LogP contribution in [0.5, 0.6) is 0 Å². The average Bonchev–Trinajstić information content (AvgIpc) is 3.28. The third-order valence-electron chi connectivity index (χ3n) is 11.4. The van der Waals surface area contributed by atoms with Crippen LogP contribution in [-0.4, -0.2) is 140 Å². The SMILES string of the molecule is CCCCC/C=C\C/C=C\C/C=C\CCCCCCCCC(=O)NC(COC1OC(CO)C(OC2OC(CO)C(O)C(O)C2O)C(O)C1O)C(O)/C=C/CC/C=C/CCCCCC. The largest absolute Gasteiger partial charge is 0.394 e. The molecule has 63 heavy (non-hydrogen) atoms. The predicted molar refractivity (Wildman–Crippen MR) is 244 cm³/mol. The minimum atomic E-state index is -1.79. The predicted octanol–water partition coefficient (Wildman–Crippen LogP) is 5.49. The molecule has 364 valence electrons. The van der Waals surface area contributed by atoms with E-state index in [-0.39, 0.29) is 18.9 Å². The van der Waals surface area contributed by atoms with Crippen molar-refractivity contribution in [3.8, 4) is 0 Å². The number of hydrogen-bond donors (Lipinski definition) is 9. The number of carbonyl (C=O) groups excluding carboxylic acids is 1. The van der Waals surface area contributed by atoms with Crippen LogP contribution < -0.4 is 5.32 Å². The standard InChI is InChI=1S/C49H85NO13/c1-3-5-7-9-11-13-15-16-17-18-19-20-21-22-23-25-27-29-31-33-41(54)50-37(38(53)32-30-28-26-24-14-12-10-8-6-4-2)36-60-48-46(59)44(57)47(40(35-52)62-48)63-49-45(58)43(56)42(55)39(34-51)61-49/h11,13-14,16-17,19-20,24,30,32,37-40,42-49,51-53,55-59H,3-10,12,15,18,21-23,25-29,31,33-36H2,1-2H3,(H,50,54)/b13-11-,17-16-,20-19-,24-14+,32-30+. The zero-order chi connectivity index (χ0) is 46.1. The van der Waals surface area contributed by atoms with Crippen molar-refractivity contribution in [2.24, 2.45) is 0 Å². The van der Waals surface area contributed by atoms with E-state index in [4.69, 9.17) is 18.9 Å². The zero-order valence-corrected chi connectivity index (χ0v) is 38.3. The van der Waals surface area contributed by atoms with E-state index in [9.17, 15) is 45.6 Å². The molecule has 0 spiro atoms. The molecule has 1 amide bonds. The second-order valence-corrected chi connectivity index (χ2v) is 16.9. The topological polar surface area (TPSA) is 228 Å². The van der Waals surface area contributed by atoms with Crippen LogP contribution in [0.15, 0.2) is 60.8 Å². The lowest BCUT2D eigenvalue weighted by molar-refractivity contribution is -0.359. The van der Waals surface area contributed by atoms with E-state index < -0.39 is 86.8 Å². The Morgan fingerprint density at radius 1 is 0.571 bits per heavy atom. The fourth-order valence-corrected chi connectivity index (χ4v) is 7.43. The molecule has 0 saturated carbocycles. The lowest BCUT2D eigenvalue weighted by atomic mass is 9.97. The normalized spacial score (nSPS) is 28.0. The number of carbonyl (C=O) groups is 1. The van der Waals surface area contributed by atoms with E-state index in [1.807, 2.05) is 6.08 Å². The first-order chi connectivity index (χ1) is 30.6. The highest BCUT2D eigenvalue weighted by Crippen LogP contribution is 2.30. The summed E-state index contributed by atoms with van der Waals surface area (Å²) < 4.78 is 22.6. The molecule has 9 N–H and O–H groups in total. The summed E-state index contributed by atoms with van der Waals surface area (Å²) in [4.78, 5) is 13.1. The van der Waals surface area contributed by atoms with Crippen LogP contribution in [0.25, 0.3) is 0 Å². The van der Waals surface area contributed by atoms with Gasteiger partial charge in [-0.3, -0.25) is 4.79 Å². The third kappa shape index (κ3) is 23.6. The Hall–Kier alpha value is -2.31. The molecule has 2 aliphatic heterocycles. The van der Waals surface area contributed by atoms with Crippen LogP contribution in [0, 0.1) is 0 Å². The quantitative estimate of drug-likeness (QED) is 0.0284. The third-order valence-corrected chi connectivity index (χ3v) is 11.4. The summed E-state index contributed by atoms with van der Waals surface area (Å²) in [5, 5.41) is 86.4. The number of hydrogen-bond acceptors (Lipinski definition) is 13. The number of rotatable bonds is 35. The van der Waals surface area contributed by atoms with Gasteiger partial charge in [0.05, 0.1) is 32.0 Å². The molecular weight excluding hydrogens is 811 g/mol. The number of aliphatic hydroxyl groups excluding tert-OH is 8. The highest BCUT2D eigenvalue weighted by molar-refractivity contribution is 5.76. The number of allylic oxidation sites excluding steroid dienone is 9. The molecule has 0 aromatic heterocycles. The smallest absolute Gasteiger partial charge is 0.220 e. The van der Waals surface area contributed by atoms with Gasteiger partial charge in [-0.2, -0.15) is 0 Å². The first kappa shape index (κ1) is 56.8. The molecule has 14 heteroatoms. The Bertz CT molecular complexity index is 1290. The molecule has 0 aromatic carbocycles. The van der Waals surface area contributed by atoms with Crippen LogP contribution in [-0.2, 0) is 23.7 Å². The second kappa shape index (κ2) is 35.9. The molecule has 12 unspecified atom stereocenters. The van der Waals surface area contributed by atoms with Crippen molar-refractivity contribution in [1.82, 2.24) is 5.32 Å². The van der Waals surface area contributed by atoms with Crippen LogP contribution in [0.1, 0.15) is 149 Å². The van der Waals surface area contributed by atoms with Crippen molar-refractivity contribution in [2.45, 2.75) is 222 Å². The van der Waals surface area contributed by atoms with E-state index >= 15 is 0 Å². The zero-order valence-electron chi connectivity index (χ0n) is 38.3. The number of nitrogens with one attached hydrogen (secondary N) is 1. The molecule has 2 saturated heterocycles. The molecule has 2 fully saturated rings. The van der Waals surface area contributed by atoms with E-state index in [1.165, 1.54) is 44.9 Å². The van der Waals surface area contributed by atoms with Crippen molar-refractivity contribution >= 4 is 5.91 Å². The Labute approximate surface area is 377 Å². The molecule has 2 heterocycles. The van der Waals surface area contributed by atoms with Gasteiger partial charge in [-0.15, -0.1) is 0 Å². The maximum absolute atomic E-state index is 13.1. The Balaban J connectivity index is 1.86. The highest BCUT2D eigenvalue weighted by Gasteiger charge is 2.51. The summed E-state index contributed by atoms with van der Waals surface area (Å²) in [6.45, 7) is 2.66. The molecule has 0 radical (unpaired) electrons. The van der Waals surface area contributed by atoms with Crippen molar-refractivity contribution in [3.63, 3.8) is 0 Å². The van der Waals surface area contributed by atoms with Gasteiger partial charge in [-0.1, -0.05) is 132 Å². The van der Waals surface area contributed by atoms with Crippen molar-refractivity contribution < 1.29 is 64.6 Å². The Kier molecular flexibility index (Phi) is 32.4. The van der Waals surface area contributed by atoms with E-state index in [2.05, 4.69) is 67.8 Å². The van der Waals surface area contributed by atoms with Crippen LogP contribution >= 0.6 is 0 Å². The summed E-state index contributed by atoms with van der Waals surface area (Å²) in [6, 6.07) is -0.938. The van der Waals surface area contributed by atoms with E-state index in [0.29, 0.717) is 12.8 Å². The first-order valence-corrected chi connectivity index (χ1v) is 24.0. The maximum Gasteiger partial charge on any atom is 0.220 e. The van der Waals surface area contributed by atoms with Gasteiger partial charge in [0.2, 0.25) is 5.91 Å². The summed E-state index contributed by atoms with van der Waals surface area (Å²) in [6.07, 6.45) is 25.6. The van der Waals surface area contributed by atoms with Crippen molar-refractivity contribution in [1.29, 1.82) is 0 Å². The first-order valence-electron chi connectivity index (χ1n) is 24.0. The van der Waals surface area contributed by atoms with Crippen LogP contribution in [0.2, 0.25) is 0 Å². The minimum Gasteiger partial charge on any atom is -0.394 e. The Morgan fingerprint density at radius 2 is 1.06 bits per heavy atom. The molecule has 0 bridgehead atoms. The lowest BCUT2D eigenvalue weighted by Crippen LogP contribution is -2.65. The summed E-state index contributed by atoms with van der Waals surface area (Å²) in [5.41, 5.74) is 0. The fourth-order valence-electron chi connectivity index (χ4n) is 7.43. The monoisotopic (exact) mass is 896 g/mol. The molecule has 0 aromatic rings. The molecule has 2 aliphatic rings. The average molecular weight is 896 g/mol. The number of aliphatic hydroxyl groups is 8. The second-order valence-electron chi connectivity index (χ2n) is 16.9. The van der Waals surface area contributed by atoms with Gasteiger partial charge < -0.3 is 65.1 Å². The van der Waals surface area contributed by atoms with E-state index in [1.54, 1.807) is 6.08 Å². The van der Waals surface area contributed by atoms with Gasteiger partial charge in [-0.05, 0) is 70.6 Å². The van der Waals surface area contributed by atoms with Gasteiger partial charge in [0.15, 0.2) is 12.6 Å². The fraction of sp³-hybridized carbons (Fsp3) is 0.776. The molecule has 12 atom stereocenters. The lowest BCUT2D eigenvalue weighted by Gasteiger charge is -2.46. The molecule has 14 nitrogen and oxygen atoms in total. The van der Waals surface area contributed by atoms with Gasteiger partial charge in [-0.25, -0.2) is 0 Å². The molecule has 2 rings (SSSR count). The van der Waals surface area contributed by atoms with Crippen molar-refractivity contribution in [2.75, 3.05) is 19.8 Å². The minimum absolute atomic E-state index is 0.256. The van der Waals surface area contributed by atoms with Gasteiger partial charge in [0.1, 0.15) is 48.8 Å².